The number of nitrogens with one attached hydrogen (secondary N) is 3. The highest BCUT2D eigenvalue weighted by Gasteiger charge is 2.17. The number of benzene rings is 3. The lowest BCUT2D eigenvalue weighted by molar-refractivity contribution is 0.351. The summed E-state index contributed by atoms with van der Waals surface area (Å²) in [5, 5.41) is 10.9. The predicted molar refractivity (Wildman–Crippen MR) is 159 cm³/mol. The van der Waals surface area contributed by atoms with E-state index in [1.54, 1.807) is 0 Å². The van der Waals surface area contributed by atoms with Gasteiger partial charge in [0.1, 0.15) is 0 Å². The summed E-state index contributed by atoms with van der Waals surface area (Å²) in [6.07, 6.45) is 1.04. The van der Waals surface area contributed by atoms with Crippen LogP contribution in [-0.4, -0.2) is 25.7 Å². The van der Waals surface area contributed by atoms with Gasteiger partial charge in [0.15, 0.2) is 0 Å². The molecule has 3 aromatic carbocycles. The lowest BCUT2D eigenvalue weighted by Crippen LogP contribution is -2.44. The molecule has 0 amide bonds. The molecule has 0 bridgehead atoms. The fourth-order valence-corrected chi connectivity index (χ4v) is 4.68. The average molecular weight is 501 g/mol. The predicted octanol–water partition coefficient (Wildman–Crippen LogP) is 5.54. The Labute approximate surface area is 225 Å². The van der Waals surface area contributed by atoms with Crippen molar-refractivity contribution in [2.24, 2.45) is 11.7 Å². The summed E-state index contributed by atoms with van der Waals surface area (Å²) in [4.78, 5) is 0. The largest absolute Gasteiger partial charge is 0.326 e. The molecule has 0 aliphatic carbocycles. The minimum absolute atomic E-state index is 0.0854. The van der Waals surface area contributed by atoms with Gasteiger partial charge in [0.05, 0.1) is 0 Å². The Morgan fingerprint density at radius 2 is 0.946 bits per heavy atom. The van der Waals surface area contributed by atoms with Crippen molar-refractivity contribution in [3.8, 4) is 0 Å². The Hall–Kier alpha value is -2.50. The molecule has 2 atom stereocenters. The normalized spacial score (nSPS) is 13.1. The van der Waals surface area contributed by atoms with Crippen LogP contribution in [0.4, 0.5) is 0 Å². The monoisotopic (exact) mass is 500 g/mol. The molecule has 200 valence electrons. The molecule has 0 heterocycles. The van der Waals surface area contributed by atoms with E-state index in [4.69, 9.17) is 5.73 Å². The van der Waals surface area contributed by atoms with Crippen LogP contribution < -0.4 is 21.7 Å². The maximum absolute atomic E-state index is 6.76. The zero-order chi connectivity index (χ0) is 26.8. The summed E-state index contributed by atoms with van der Waals surface area (Å²) in [5.74, 6) is 0.381. The summed E-state index contributed by atoms with van der Waals surface area (Å²) in [6, 6.07) is 20.2. The van der Waals surface area contributed by atoms with Crippen LogP contribution in [0.1, 0.15) is 56.5 Å². The number of aryl methyl sites for hydroxylation is 6. The number of hydrogen-bond donors (Lipinski definition) is 4. The fourth-order valence-electron chi connectivity index (χ4n) is 4.68. The lowest BCUT2D eigenvalue weighted by atomic mass is 9.95. The number of rotatable bonds is 14. The molecule has 0 saturated carbocycles. The molecular formula is C33H48N4. The van der Waals surface area contributed by atoms with E-state index in [0.29, 0.717) is 5.92 Å². The molecule has 0 spiro atoms. The van der Waals surface area contributed by atoms with Crippen molar-refractivity contribution in [2.45, 2.75) is 73.6 Å². The third-order valence-electron chi connectivity index (χ3n) is 7.79. The summed E-state index contributed by atoms with van der Waals surface area (Å²) >= 11 is 0. The van der Waals surface area contributed by atoms with E-state index in [0.717, 1.165) is 45.7 Å². The highest BCUT2D eigenvalue weighted by Crippen LogP contribution is 2.13. The summed E-state index contributed by atoms with van der Waals surface area (Å²) < 4.78 is 0. The molecule has 0 aromatic heterocycles. The first kappa shape index (κ1) is 29.1. The van der Waals surface area contributed by atoms with Crippen LogP contribution in [0, 0.1) is 47.5 Å². The Morgan fingerprint density at radius 3 is 1.38 bits per heavy atom. The maximum atomic E-state index is 6.76. The van der Waals surface area contributed by atoms with Gasteiger partial charge in [-0.1, -0.05) is 54.6 Å². The van der Waals surface area contributed by atoms with E-state index < -0.39 is 0 Å². The fraction of sp³-hybridized carbons (Fsp3) is 0.455. The third kappa shape index (κ3) is 9.39. The summed E-state index contributed by atoms with van der Waals surface area (Å²) in [6.45, 7) is 18.3. The van der Waals surface area contributed by atoms with Crippen LogP contribution >= 0.6 is 0 Å². The van der Waals surface area contributed by atoms with Crippen molar-refractivity contribution >= 4 is 0 Å². The first-order chi connectivity index (χ1) is 17.7. The minimum atomic E-state index is 0.0854. The van der Waals surface area contributed by atoms with Crippen LogP contribution in [0.15, 0.2) is 54.6 Å². The van der Waals surface area contributed by atoms with Gasteiger partial charge in [-0.2, -0.15) is 0 Å². The first-order valence-electron chi connectivity index (χ1n) is 13.8. The molecule has 0 radical (unpaired) electrons. The average Bonchev–Trinajstić information content (AvgIpc) is 2.87. The van der Waals surface area contributed by atoms with Crippen LogP contribution in [0.2, 0.25) is 0 Å². The Kier molecular flexibility index (Phi) is 11.3. The second-order valence-corrected chi connectivity index (χ2v) is 10.9. The molecule has 2 unspecified atom stereocenters. The van der Waals surface area contributed by atoms with Crippen molar-refractivity contribution in [1.29, 1.82) is 0 Å². The van der Waals surface area contributed by atoms with E-state index in [-0.39, 0.29) is 6.04 Å². The molecule has 0 aliphatic rings. The van der Waals surface area contributed by atoms with Gasteiger partial charge in [0, 0.05) is 32.2 Å². The second kappa shape index (κ2) is 14.4. The van der Waals surface area contributed by atoms with Gasteiger partial charge in [0.2, 0.25) is 0 Å². The van der Waals surface area contributed by atoms with Crippen LogP contribution in [-0.2, 0) is 19.6 Å². The zero-order valence-corrected chi connectivity index (χ0v) is 23.9. The van der Waals surface area contributed by atoms with Gasteiger partial charge in [0.25, 0.3) is 0 Å². The molecule has 3 aromatic rings. The SMILES string of the molecule is Cc1ccc(CNCCC(CNCc2ccc(C)c(C)c2)C(N)CNCc2ccc(C)c(C)c2)cc1C. The Bertz CT molecular complexity index is 1140. The van der Waals surface area contributed by atoms with Crippen LogP contribution in [0.5, 0.6) is 0 Å². The van der Waals surface area contributed by atoms with E-state index in [1.165, 1.54) is 50.1 Å². The zero-order valence-electron chi connectivity index (χ0n) is 23.9. The molecule has 3 rings (SSSR count). The van der Waals surface area contributed by atoms with Crippen molar-refractivity contribution in [1.82, 2.24) is 16.0 Å². The topological polar surface area (TPSA) is 62.1 Å². The Balaban J connectivity index is 1.52. The maximum Gasteiger partial charge on any atom is 0.0206 e. The van der Waals surface area contributed by atoms with Crippen LogP contribution in [0.25, 0.3) is 0 Å². The molecule has 5 N–H and O–H groups in total. The van der Waals surface area contributed by atoms with Crippen molar-refractivity contribution < 1.29 is 0 Å². The standard InChI is InChI=1S/C33H48N4/c1-23-7-10-29(15-26(23)4)18-35-14-13-32(21-36-19-30-11-8-24(2)27(5)16-30)33(34)22-37-20-31-12-9-25(3)28(6)17-31/h7-12,15-17,32-33,35-37H,13-14,18-22,34H2,1-6H3. The van der Waals surface area contributed by atoms with Crippen molar-refractivity contribution in [3.63, 3.8) is 0 Å². The van der Waals surface area contributed by atoms with E-state index in [1.807, 2.05) is 0 Å². The van der Waals surface area contributed by atoms with E-state index in [9.17, 15) is 0 Å². The highest BCUT2D eigenvalue weighted by molar-refractivity contribution is 5.31. The van der Waals surface area contributed by atoms with Gasteiger partial charge in [-0.25, -0.2) is 0 Å². The molecule has 4 heteroatoms. The first-order valence-corrected chi connectivity index (χ1v) is 13.8. The Morgan fingerprint density at radius 1 is 0.541 bits per heavy atom. The smallest absolute Gasteiger partial charge is 0.0206 e. The highest BCUT2D eigenvalue weighted by atomic mass is 14.9. The number of hydrogen-bond acceptors (Lipinski definition) is 4. The quantitative estimate of drug-likeness (QED) is 0.220. The molecule has 0 saturated heterocycles. The summed E-state index contributed by atoms with van der Waals surface area (Å²) in [7, 11) is 0. The van der Waals surface area contributed by atoms with E-state index >= 15 is 0 Å². The molecule has 0 aliphatic heterocycles. The van der Waals surface area contributed by atoms with E-state index in [2.05, 4.69) is 112 Å². The second-order valence-electron chi connectivity index (χ2n) is 10.9. The van der Waals surface area contributed by atoms with Gasteiger partial charge < -0.3 is 21.7 Å². The van der Waals surface area contributed by atoms with Gasteiger partial charge in [-0.15, -0.1) is 0 Å². The summed E-state index contributed by atoms with van der Waals surface area (Å²) in [5.41, 5.74) is 18.8. The van der Waals surface area contributed by atoms with Gasteiger partial charge in [-0.05, 0) is 117 Å². The van der Waals surface area contributed by atoms with Crippen molar-refractivity contribution in [3.05, 3.63) is 105 Å². The van der Waals surface area contributed by atoms with Gasteiger partial charge in [-0.3, -0.25) is 0 Å². The third-order valence-corrected chi connectivity index (χ3v) is 7.79. The lowest BCUT2D eigenvalue weighted by Gasteiger charge is -2.25. The van der Waals surface area contributed by atoms with Crippen LogP contribution in [0.3, 0.4) is 0 Å². The van der Waals surface area contributed by atoms with Crippen molar-refractivity contribution in [2.75, 3.05) is 19.6 Å². The molecule has 0 fully saturated rings. The molecule has 37 heavy (non-hydrogen) atoms. The minimum Gasteiger partial charge on any atom is -0.326 e. The molecular weight excluding hydrogens is 452 g/mol. The molecule has 4 nitrogen and oxygen atoms in total. The van der Waals surface area contributed by atoms with Gasteiger partial charge >= 0.3 is 0 Å². The number of nitrogens with two attached hydrogens (primary N) is 1.